The highest BCUT2D eigenvalue weighted by Gasteiger charge is 2.30. The van der Waals surface area contributed by atoms with E-state index in [1.807, 2.05) is 60.4 Å². The van der Waals surface area contributed by atoms with Crippen LogP contribution in [0.15, 0.2) is 48.5 Å². The number of amides is 1. The van der Waals surface area contributed by atoms with Crippen LogP contribution in [0.4, 0.5) is 0 Å². The van der Waals surface area contributed by atoms with Crippen molar-refractivity contribution in [2.45, 2.75) is 31.9 Å². The molecule has 0 radical (unpaired) electrons. The van der Waals surface area contributed by atoms with Gasteiger partial charge in [0, 0.05) is 6.42 Å². The molecule has 1 aliphatic rings. The summed E-state index contributed by atoms with van der Waals surface area (Å²) in [6, 6.07) is 15.8. The van der Waals surface area contributed by atoms with Crippen LogP contribution < -0.4 is 9.47 Å². The van der Waals surface area contributed by atoms with Crippen LogP contribution in [-0.2, 0) is 16.0 Å². The van der Waals surface area contributed by atoms with E-state index < -0.39 is 0 Å². The first-order valence-corrected chi connectivity index (χ1v) is 9.28. The van der Waals surface area contributed by atoms with Gasteiger partial charge in [0.2, 0.25) is 5.91 Å². The second-order valence-corrected chi connectivity index (χ2v) is 6.84. The second-order valence-electron chi connectivity index (χ2n) is 6.84. The molecular weight excluding hydrogens is 342 g/mol. The number of carbonyl (C=O) groups excluding carboxylic acids is 1. The van der Waals surface area contributed by atoms with Gasteiger partial charge in [0.15, 0.2) is 0 Å². The van der Waals surface area contributed by atoms with Crippen LogP contribution in [-0.4, -0.2) is 44.2 Å². The third-order valence-electron chi connectivity index (χ3n) is 5.00. The summed E-state index contributed by atoms with van der Waals surface area (Å²) >= 11 is 0. The Morgan fingerprint density at radius 1 is 1.11 bits per heavy atom. The van der Waals surface area contributed by atoms with Gasteiger partial charge in [0.05, 0.1) is 33.4 Å². The van der Waals surface area contributed by atoms with Crippen molar-refractivity contribution in [2.24, 2.45) is 0 Å². The largest absolute Gasteiger partial charge is 0.497 e. The van der Waals surface area contributed by atoms with Gasteiger partial charge in [-0.25, -0.2) is 0 Å². The maximum absolute atomic E-state index is 12.8. The monoisotopic (exact) mass is 369 g/mol. The van der Waals surface area contributed by atoms with E-state index in [0.717, 1.165) is 22.6 Å². The Morgan fingerprint density at radius 2 is 1.85 bits per heavy atom. The van der Waals surface area contributed by atoms with Gasteiger partial charge in [-0.15, -0.1) is 0 Å². The number of aryl methyl sites for hydroxylation is 1. The number of methoxy groups -OCH3 is 2. The fourth-order valence-corrected chi connectivity index (χ4v) is 3.35. The number of rotatable bonds is 6. The molecule has 1 aliphatic heterocycles. The standard InChI is InChI=1S/C22H27NO4/c1-16-15-27-21(18-8-10-19(25-2)11-9-18)14-23(16)22(24)12-7-17-5-4-6-20(13-17)26-3/h4-6,8-11,13,16,21H,7,12,14-15H2,1-3H3. The van der Waals surface area contributed by atoms with Crippen LogP contribution in [0.25, 0.3) is 0 Å². The van der Waals surface area contributed by atoms with E-state index in [2.05, 4.69) is 0 Å². The summed E-state index contributed by atoms with van der Waals surface area (Å²) in [5, 5.41) is 0. The molecule has 27 heavy (non-hydrogen) atoms. The molecule has 0 bridgehead atoms. The molecule has 2 atom stereocenters. The van der Waals surface area contributed by atoms with Gasteiger partial charge in [-0.2, -0.15) is 0 Å². The fourth-order valence-electron chi connectivity index (χ4n) is 3.35. The lowest BCUT2D eigenvalue weighted by atomic mass is 10.0. The molecule has 0 N–H and O–H groups in total. The Labute approximate surface area is 160 Å². The van der Waals surface area contributed by atoms with E-state index in [4.69, 9.17) is 14.2 Å². The van der Waals surface area contributed by atoms with Crippen molar-refractivity contribution in [3.63, 3.8) is 0 Å². The van der Waals surface area contributed by atoms with Crippen molar-refractivity contribution in [3.8, 4) is 11.5 Å². The number of benzene rings is 2. The van der Waals surface area contributed by atoms with Crippen LogP contribution in [0.3, 0.4) is 0 Å². The zero-order valence-corrected chi connectivity index (χ0v) is 16.2. The van der Waals surface area contributed by atoms with Crippen molar-refractivity contribution < 1.29 is 19.0 Å². The minimum atomic E-state index is -0.104. The van der Waals surface area contributed by atoms with Gasteiger partial charge in [0.25, 0.3) is 0 Å². The van der Waals surface area contributed by atoms with E-state index >= 15 is 0 Å². The molecule has 0 aromatic heterocycles. The molecule has 1 fully saturated rings. The SMILES string of the molecule is COc1ccc(C2CN(C(=O)CCc3cccc(OC)c3)C(C)CO2)cc1. The fraction of sp³-hybridized carbons (Fsp3) is 0.409. The summed E-state index contributed by atoms with van der Waals surface area (Å²) in [6.45, 7) is 3.15. The minimum absolute atomic E-state index is 0.0808. The molecule has 0 aliphatic carbocycles. The Kier molecular flexibility index (Phi) is 6.35. The highest BCUT2D eigenvalue weighted by molar-refractivity contribution is 5.77. The molecule has 2 unspecified atom stereocenters. The Balaban J connectivity index is 1.62. The predicted molar refractivity (Wildman–Crippen MR) is 104 cm³/mol. The summed E-state index contributed by atoms with van der Waals surface area (Å²) in [5.74, 6) is 1.79. The lowest BCUT2D eigenvalue weighted by molar-refractivity contribution is -0.144. The highest BCUT2D eigenvalue weighted by atomic mass is 16.5. The molecule has 5 heteroatoms. The lowest BCUT2D eigenvalue weighted by Gasteiger charge is -2.38. The van der Waals surface area contributed by atoms with Gasteiger partial charge in [-0.05, 0) is 48.7 Å². The molecule has 5 nitrogen and oxygen atoms in total. The molecular formula is C22H27NO4. The molecule has 1 heterocycles. The van der Waals surface area contributed by atoms with E-state index in [1.165, 1.54) is 0 Å². The molecule has 2 aromatic carbocycles. The molecule has 1 amide bonds. The predicted octanol–water partition coefficient (Wildman–Crippen LogP) is 3.63. The Morgan fingerprint density at radius 3 is 2.56 bits per heavy atom. The Hall–Kier alpha value is -2.53. The van der Waals surface area contributed by atoms with Gasteiger partial charge in [-0.3, -0.25) is 4.79 Å². The van der Waals surface area contributed by atoms with Crippen molar-refractivity contribution in [1.82, 2.24) is 4.90 Å². The molecule has 0 spiro atoms. The first-order valence-electron chi connectivity index (χ1n) is 9.28. The lowest BCUT2D eigenvalue weighted by Crippen LogP contribution is -2.48. The topological polar surface area (TPSA) is 48.0 Å². The normalized spacial score (nSPS) is 19.6. The van der Waals surface area contributed by atoms with Crippen molar-refractivity contribution in [1.29, 1.82) is 0 Å². The Bertz CT molecular complexity index is 759. The maximum atomic E-state index is 12.8. The van der Waals surface area contributed by atoms with Crippen molar-refractivity contribution in [2.75, 3.05) is 27.4 Å². The summed E-state index contributed by atoms with van der Waals surface area (Å²) in [4.78, 5) is 14.8. The highest BCUT2D eigenvalue weighted by Crippen LogP contribution is 2.27. The summed E-state index contributed by atoms with van der Waals surface area (Å²) in [7, 11) is 3.30. The second kappa shape index (κ2) is 8.91. The smallest absolute Gasteiger partial charge is 0.223 e. The summed E-state index contributed by atoms with van der Waals surface area (Å²) < 4.78 is 16.4. The summed E-state index contributed by atoms with van der Waals surface area (Å²) in [5.41, 5.74) is 2.17. The molecule has 2 aromatic rings. The number of nitrogens with zero attached hydrogens (tertiary/aromatic N) is 1. The van der Waals surface area contributed by atoms with Crippen molar-refractivity contribution in [3.05, 3.63) is 59.7 Å². The van der Waals surface area contributed by atoms with Gasteiger partial charge in [0.1, 0.15) is 17.6 Å². The molecule has 1 saturated heterocycles. The van der Waals surface area contributed by atoms with Crippen molar-refractivity contribution >= 4 is 5.91 Å². The minimum Gasteiger partial charge on any atom is -0.497 e. The third kappa shape index (κ3) is 4.80. The number of carbonyl (C=O) groups is 1. The zero-order valence-electron chi connectivity index (χ0n) is 16.2. The molecule has 3 rings (SSSR count). The van der Waals surface area contributed by atoms with Crippen LogP contribution in [0, 0.1) is 0 Å². The third-order valence-corrected chi connectivity index (χ3v) is 5.00. The maximum Gasteiger partial charge on any atom is 0.223 e. The molecule has 144 valence electrons. The number of morpholine rings is 1. The van der Waals surface area contributed by atoms with E-state index in [-0.39, 0.29) is 18.1 Å². The molecule has 0 saturated carbocycles. The quantitative estimate of drug-likeness (QED) is 0.780. The van der Waals surface area contributed by atoms with Gasteiger partial charge in [-0.1, -0.05) is 24.3 Å². The number of hydrogen-bond acceptors (Lipinski definition) is 4. The first-order chi connectivity index (χ1) is 13.1. The van der Waals surface area contributed by atoms with Crippen LogP contribution in [0.2, 0.25) is 0 Å². The summed E-state index contributed by atoms with van der Waals surface area (Å²) in [6.07, 6.45) is 1.08. The number of hydrogen-bond donors (Lipinski definition) is 0. The van der Waals surface area contributed by atoms with Crippen LogP contribution >= 0.6 is 0 Å². The van der Waals surface area contributed by atoms with Gasteiger partial charge < -0.3 is 19.1 Å². The van der Waals surface area contributed by atoms with E-state index in [9.17, 15) is 4.79 Å². The number of ether oxygens (including phenoxy) is 3. The van der Waals surface area contributed by atoms with Gasteiger partial charge >= 0.3 is 0 Å². The van der Waals surface area contributed by atoms with Crippen LogP contribution in [0.5, 0.6) is 11.5 Å². The first kappa shape index (κ1) is 19.2. The average molecular weight is 369 g/mol. The van der Waals surface area contributed by atoms with Crippen LogP contribution in [0.1, 0.15) is 30.6 Å². The average Bonchev–Trinajstić information content (AvgIpc) is 2.72. The van der Waals surface area contributed by atoms with E-state index in [1.54, 1.807) is 14.2 Å². The van der Waals surface area contributed by atoms with E-state index in [0.29, 0.717) is 26.0 Å². The zero-order chi connectivity index (χ0) is 19.2.